The number of nitrogens with one attached hydrogen (secondary N) is 1. The second kappa shape index (κ2) is 8.95. The molecule has 1 aliphatic rings. The van der Waals surface area contributed by atoms with Crippen LogP contribution in [0.5, 0.6) is 0 Å². The monoisotopic (exact) mass is 425 g/mol. The van der Waals surface area contributed by atoms with Gasteiger partial charge in [0.1, 0.15) is 0 Å². The Morgan fingerprint density at radius 1 is 1.07 bits per heavy atom. The zero-order valence-electron chi connectivity index (χ0n) is 15.5. The Bertz CT molecular complexity index is 912. The van der Waals surface area contributed by atoms with Crippen LogP contribution in [0.3, 0.4) is 0 Å². The molecular weight excluding hydrogens is 401 g/mol. The first-order valence-electron chi connectivity index (χ1n) is 9.41. The summed E-state index contributed by atoms with van der Waals surface area (Å²) in [5, 5.41) is 1.16. The van der Waals surface area contributed by atoms with Crippen LogP contribution in [0.1, 0.15) is 54.4 Å². The molecule has 0 heterocycles. The molecule has 0 radical (unpaired) electrons. The number of halogens is 2. The quantitative estimate of drug-likeness (QED) is 0.637. The highest BCUT2D eigenvalue weighted by Gasteiger charge is 2.21. The third-order valence-electron chi connectivity index (χ3n) is 5.08. The first kappa shape index (κ1) is 20.7. The maximum atomic E-state index is 11.9. The van der Waals surface area contributed by atoms with Crippen molar-refractivity contribution >= 4 is 33.2 Å². The Hall–Kier alpha value is -1.07. The smallest absolute Gasteiger partial charge is 0.211 e. The highest BCUT2D eigenvalue weighted by Crippen LogP contribution is 2.35. The predicted molar refractivity (Wildman–Crippen MR) is 113 cm³/mol. The van der Waals surface area contributed by atoms with E-state index in [1.54, 1.807) is 0 Å². The SMILES string of the molecule is CCCS(=O)(=O)NCc1ccc2c(c1)C(Cc1ccc(Cl)c(Cl)c1)CCC2. The lowest BCUT2D eigenvalue weighted by Crippen LogP contribution is -2.25. The molecule has 27 heavy (non-hydrogen) atoms. The van der Waals surface area contributed by atoms with Crippen molar-refractivity contribution < 1.29 is 8.42 Å². The minimum absolute atomic E-state index is 0.165. The van der Waals surface area contributed by atoms with E-state index in [0.717, 1.165) is 24.8 Å². The van der Waals surface area contributed by atoms with Crippen LogP contribution >= 0.6 is 23.2 Å². The Morgan fingerprint density at radius 3 is 2.59 bits per heavy atom. The van der Waals surface area contributed by atoms with Gasteiger partial charge >= 0.3 is 0 Å². The number of fused-ring (bicyclic) bond motifs is 1. The minimum Gasteiger partial charge on any atom is -0.212 e. The molecule has 3 rings (SSSR count). The number of aryl methyl sites for hydroxylation is 1. The number of rotatable bonds is 7. The Balaban J connectivity index is 1.78. The molecule has 6 heteroatoms. The van der Waals surface area contributed by atoms with Crippen LogP contribution in [-0.2, 0) is 29.4 Å². The zero-order valence-corrected chi connectivity index (χ0v) is 17.8. The van der Waals surface area contributed by atoms with Crippen molar-refractivity contribution in [2.45, 2.75) is 51.5 Å². The van der Waals surface area contributed by atoms with Crippen molar-refractivity contribution in [1.29, 1.82) is 0 Å². The van der Waals surface area contributed by atoms with Crippen molar-refractivity contribution in [3.8, 4) is 0 Å². The molecule has 146 valence electrons. The normalized spacial score (nSPS) is 16.9. The molecule has 0 aliphatic heterocycles. The molecule has 1 N–H and O–H groups in total. The van der Waals surface area contributed by atoms with E-state index in [0.29, 0.717) is 28.9 Å². The van der Waals surface area contributed by atoms with Crippen LogP contribution in [0.15, 0.2) is 36.4 Å². The maximum absolute atomic E-state index is 11.9. The van der Waals surface area contributed by atoms with E-state index in [4.69, 9.17) is 23.2 Å². The molecule has 2 aromatic rings. The van der Waals surface area contributed by atoms with E-state index in [1.165, 1.54) is 23.1 Å². The van der Waals surface area contributed by atoms with E-state index in [1.807, 2.05) is 31.2 Å². The lowest BCUT2D eigenvalue weighted by Gasteiger charge is -2.26. The fourth-order valence-electron chi connectivity index (χ4n) is 3.75. The van der Waals surface area contributed by atoms with E-state index in [-0.39, 0.29) is 5.75 Å². The summed E-state index contributed by atoms with van der Waals surface area (Å²) in [4.78, 5) is 0. The van der Waals surface area contributed by atoms with E-state index in [9.17, 15) is 8.42 Å². The first-order valence-corrected chi connectivity index (χ1v) is 11.8. The van der Waals surface area contributed by atoms with Gasteiger partial charge in [-0.2, -0.15) is 0 Å². The van der Waals surface area contributed by atoms with Crippen molar-refractivity contribution in [1.82, 2.24) is 4.72 Å². The summed E-state index contributed by atoms with van der Waals surface area (Å²) in [6.45, 7) is 2.21. The second-order valence-corrected chi connectivity index (χ2v) is 9.96. The van der Waals surface area contributed by atoms with Gasteiger partial charge in [0.15, 0.2) is 0 Å². The van der Waals surface area contributed by atoms with Crippen LogP contribution in [0.25, 0.3) is 0 Å². The summed E-state index contributed by atoms with van der Waals surface area (Å²) < 4.78 is 26.5. The summed E-state index contributed by atoms with van der Waals surface area (Å²) >= 11 is 12.2. The maximum Gasteiger partial charge on any atom is 0.211 e. The summed E-state index contributed by atoms with van der Waals surface area (Å²) in [7, 11) is -3.20. The molecule has 3 nitrogen and oxygen atoms in total. The van der Waals surface area contributed by atoms with Crippen molar-refractivity contribution in [2.75, 3.05) is 5.75 Å². The number of hydrogen-bond donors (Lipinski definition) is 1. The summed E-state index contributed by atoms with van der Waals surface area (Å²) in [6.07, 6.45) is 4.90. The van der Waals surface area contributed by atoms with Crippen LogP contribution in [-0.4, -0.2) is 14.2 Å². The molecule has 1 aliphatic carbocycles. The number of benzene rings is 2. The van der Waals surface area contributed by atoms with Crippen LogP contribution in [0.4, 0.5) is 0 Å². The van der Waals surface area contributed by atoms with Gasteiger partial charge in [0.25, 0.3) is 0 Å². The molecule has 0 bridgehead atoms. The van der Waals surface area contributed by atoms with Gasteiger partial charge in [-0.1, -0.05) is 54.4 Å². The minimum atomic E-state index is -3.20. The zero-order chi connectivity index (χ0) is 19.4. The highest BCUT2D eigenvalue weighted by molar-refractivity contribution is 7.89. The van der Waals surface area contributed by atoms with Gasteiger partial charge in [0, 0.05) is 6.54 Å². The van der Waals surface area contributed by atoms with E-state index < -0.39 is 10.0 Å². The van der Waals surface area contributed by atoms with E-state index in [2.05, 4.69) is 16.9 Å². The molecule has 1 unspecified atom stereocenters. The standard InChI is InChI=1S/C21H25Cl2NO2S/c1-2-10-27(25,26)24-14-16-6-8-17-4-3-5-18(19(17)12-16)11-15-7-9-20(22)21(23)13-15/h6-9,12-13,18,24H,2-5,10-11,14H2,1H3. The van der Waals surface area contributed by atoms with E-state index >= 15 is 0 Å². The van der Waals surface area contributed by atoms with Gasteiger partial charge in [-0.05, 0) is 72.4 Å². The molecule has 0 saturated heterocycles. The number of hydrogen-bond acceptors (Lipinski definition) is 2. The van der Waals surface area contributed by atoms with Gasteiger partial charge in [-0.25, -0.2) is 13.1 Å². The van der Waals surface area contributed by atoms with Gasteiger partial charge in [-0.3, -0.25) is 0 Å². The molecule has 0 spiro atoms. The van der Waals surface area contributed by atoms with Crippen LogP contribution in [0, 0.1) is 0 Å². The molecular formula is C21H25Cl2NO2S. The second-order valence-electron chi connectivity index (χ2n) is 7.21. The molecule has 0 fully saturated rings. The molecule has 0 saturated carbocycles. The van der Waals surface area contributed by atoms with Gasteiger partial charge in [0.05, 0.1) is 15.8 Å². The first-order chi connectivity index (χ1) is 12.9. The molecule has 2 aromatic carbocycles. The van der Waals surface area contributed by atoms with Crippen molar-refractivity contribution in [2.24, 2.45) is 0 Å². The average Bonchev–Trinajstić information content (AvgIpc) is 2.63. The fraction of sp³-hybridized carbons (Fsp3) is 0.429. The fourth-order valence-corrected chi connectivity index (χ4v) is 5.14. The topological polar surface area (TPSA) is 46.2 Å². The van der Waals surface area contributed by atoms with Crippen molar-refractivity contribution in [3.05, 3.63) is 68.7 Å². The van der Waals surface area contributed by atoms with Crippen molar-refractivity contribution in [3.63, 3.8) is 0 Å². The Morgan fingerprint density at radius 2 is 1.85 bits per heavy atom. The lowest BCUT2D eigenvalue weighted by molar-refractivity contribution is 0.549. The summed E-state index contributed by atoms with van der Waals surface area (Å²) in [5.41, 5.74) is 4.89. The molecule has 0 amide bonds. The lowest BCUT2D eigenvalue weighted by atomic mass is 9.79. The summed E-state index contributed by atoms with van der Waals surface area (Å²) in [6, 6.07) is 12.2. The number of sulfonamides is 1. The third-order valence-corrected chi connectivity index (χ3v) is 7.35. The van der Waals surface area contributed by atoms with Gasteiger partial charge < -0.3 is 0 Å². The predicted octanol–water partition coefficient (Wildman–Crippen LogP) is 5.49. The average molecular weight is 426 g/mol. The Kier molecular flexibility index (Phi) is 6.85. The largest absolute Gasteiger partial charge is 0.212 e. The van der Waals surface area contributed by atoms with Gasteiger partial charge in [0.2, 0.25) is 10.0 Å². The molecule has 1 atom stereocenters. The third kappa shape index (κ3) is 5.47. The Labute approximate surface area is 172 Å². The van der Waals surface area contributed by atoms with Gasteiger partial charge in [-0.15, -0.1) is 0 Å². The van der Waals surface area contributed by atoms with Crippen LogP contribution < -0.4 is 4.72 Å². The highest BCUT2D eigenvalue weighted by atomic mass is 35.5. The summed E-state index contributed by atoms with van der Waals surface area (Å²) in [5.74, 6) is 0.580. The van der Waals surface area contributed by atoms with Crippen LogP contribution in [0.2, 0.25) is 10.0 Å². The molecule has 0 aromatic heterocycles.